The zero-order valence-corrected chi connectivity index (χ0v) is 16.5. The third kappa shape index (κ3) is 5.42. The van der Waals surface area contributed by atoms with Crippen LogP contribution in [0.2, 0.25) is 0 Å². The Balaban J connectivity index is 2.62. The van der Waals surface area contributed by atoms with Crippen LogP contribution in [0, 0.1) is 10.1 Å². The third-order valence-corrected chi connectivity index (χ3v) is 4.49. The lowest BCUT2D eigenvalue weighted by molar-refractivity contribution is -0.384. The summed E-state index contributed by atoms with van der Waals surface area (Å²) < 4.78 is 37.7. The Morgan fingerprint density at radius 3 is 2.37 bits per heavy atom. The Morgan fingerprint density at radius 2 is 1.80 bits per heavy atom. The number of amides is 1. The number of hydrogen-bond acceptors (Lipinski definition) is 9. The molecule has 2 rings (SSSR count). The Morgan fingerprint density at radius 1 is 1.17 bits per heavy atom. The summed E-state index contributed by atoms with van der Waals surface area (Å²) in [5.74, 6) is -0.917. The number of carbonyl (C=O) groups is 2. The molecule has 2 N–H and O–H groups in total. The number of nitro benzene ring substituents is 1. The van der Waals surface area contributed by atoms with Gasteiger partial charge in [0.25, 0.3) is 15.8 Å². The van der Waals surface area contributed by atoms with Crippen LogP contribution in [-0.2, 0) is 19.7 Å². The van der Waals surface area contributed by atoms with E-state index in [4.69, 9.17) is 4.74 Å². The van der Waals surface area contributed by atoms with Crippen molar-refractivity contribution in [2.75, 3.05) is 12.4 Å². The molecule has 0 atom stereocenters. The van der Waals surface area contributed by atoms with E-state index in [-0.39, 0.29) is 22.9 Å². The van der Waals surface area contributed by atoms with Crippen molar-refractivity contribution in [1.82, 2.24) is 0 Å². The lowest BCUT2D eigenvalue weighted by Crippen LogP contribution is -2.14. The Bertz CT molecular complexity index is 1140. The second kappa shape index (κ2) is 9.19. The van der Waals surface area contributed by atoms with E-state index in [1.54, 1.807) is 0 Å². The summed E-state index contributed by atoms with van der Waals surface area (Å²) >= 11 is 0. The summed E-state index contributed by atoms with van der Waals surface area (Å²) in [5, 5.41) is 21.2. The minimum absolute atomic E-state index is 0.0661. The molecule has 0 unspecified atom stereocenters. The first kappa shape index (κ1) is 22.6. The third-order valence-electron chi connectivity index (χ3n) is 3.60. The van der Waals surface area contributed by atoms with Gasteiger partial charge in [-0.2, -0.15) is 8.42 Å². The average Bonchev–Trinajstić information content (AvgIpc) is 2.64. The number of nitrogens with one attached hydrogen (secondary N) is 1. The fraction of sp³-hybridized carbons (Fsp3) is 0.176. The summed E-state index contributed by atoms with van der Waals surface area (Å²) in [6.07, 6.45) is -0.398. The van der Waals surface area contributed by atoms with Gasteiger partial charge in [0.2, 0.25) is 5.91 Å². The lowest BCUT2D eigenvalue weighted by Gasteiger charge is -2.10. The van der Waals surface area contributed by atoms with E-state index in [2.05, 4.69) is 15.5 Å². The largest absolute Gasteiger partial charge is 0.494 e. The number of Topliss-reactive ketones (excluding diaryl/α,β-unsaturated/α-hetero) is 1. The van der Waals surface area contributed by atoms with Gasteiger partial charge in [0, 0.05) is 6.07 Å². The molecule has 13 heteroatoms. The van der Waals surface area contributed by atoms with E-state index >= 15 is 0 Å². The first-order chi connectivity index (χ1) is 14.0. The van der Waals surface area contributed by atoms with Crippen LogP contribution >= 0.6 is 0 Å². The van der Waals surface area contributed by atoms with Crippen molar-refractivity contribution >= 4 is 44.6 Å². The van der Waals surface area contributed by atoms with Crippen LogP contribution in [0.5, 0.6) is 5.75 Å². The van der Waals surface area contributed by atoms with Crippen molar-refractivity contribution in [3.8, 4) is 5.75 Å². The van der Waals surface area contributed by atoms with Crippen LogP contribution in [0.4, 0.5) is 22.7 Å². The first-order valence-corrected chi connectivity index (χ1v) is 9.61. The minimum Gasteiger partial charge on any atom is -0.494 e. The number of azo groups is 1. The van der Waals surface area contributed by atoms with Crippen LogP contribution in [0.1, 0.15) is 13.3 Å². The smallest absolute Gasteiger partial charge is 0.298 e. The number of rotatable bonds is 8. The summed E-state index contributed by atoms with van der Waals surface area (Å²) in [5.41, 5.74) is -1.45. The number of nitrogens with zero attached hydrogens (tertiary/aromatic N) is 3. The molecule has 0 aliphatic rings. The van der Waals surface area contributed by atoms with Crippen LogP contribution < -0.4 is 10.1 Å². The topological polar surface area (TPSA) is 178 Å². The Labute approximate surface area is 170 Å². The van der Waals surface area contributed by atoms with Crippen LogP contribution in [0.15, 0.2) is 51.5 Å². The normalized spacial score (nSPS) is 11.3. The zero-order valence-electron chi connectivity index (χ0n) is 15.7. The highest BCUT2D eigenvalue weighted by molar-refractivity contribution is 7.86. The Hall–Kier alpha value is -3.71. The molecule has 30 heavy (non-hydrogen) atoms. The van der Waals surface area contributed by atoms with Crippen molar-refractivity contribution in [2.45, 2.75) is 18.2 Å². The highest BCUT2D eigenvalue weighted by Crippen LogP contribution is 2.40. The number of nitro groups is 1. The van der Waals surface area contributed by atoms with Gasteiger partial charge in [-0.25, -0.2) is 0 Å². The van der Waals surface area contributed by atoms with Gasteiger partial charge in [-0.1, -0.05) is 12.1 Å². The van der Waals surface area contributed by atoms with Crippen molar-refractivity contribution in [1.29, 1.82) is 0 Å². The van der Waals surface area contributed by atoms with Crippen molar-refractivity contribution < 1.29 is 32.2 Å². The van der Waals surface area contributed by atoms with Crippen molar-refractivity contribution in [3.63, 3.8) is 0 Å². The monoisotopic (exact) mass is 436 g/mol. The van der Waals surface area contributed by atoms with E-state index in [1.165, 1.54) is 32.2 Å². The van der Waals surface area contributed by atoms with E-state index in [9.17, 15) is 32.7 Å². The molecular formula is C17H16N4O8S. The number of benzene rings is 2. The van der Waals surface area contributed by atoms with Crippen LogP contribution in [0.3, 0.4) is 0 Å². The first-order valence-electron chi connectivity index (χ1n) is 8.17. The van der Waals surface area contributed by atoms with E-state index < -0.39 is 43.6 Å². The molecule has 158 valence electrons. The van der Waals surface area contributed by atoms with E-state index in [1.807, 2.05) is 0 Å². The van der Waals surface area contributed by atoms with Gasteiger partial charge in [-0.05, 0) is 25.1 Å². The van der Waals surface area contributed by atoms with E-state index in [0.29, 0.717) is 0 Å². The molecule has 2 aromatic carbocycles. The quantitative estimate of drug-likeness (QED) is 0.208. The summed E-state index contributed by atoms with van der Waals surface area (Å²) in [6.45, 7) is 1.23. The molecule has 0 spiro atoms. The number of carbonyl (C=O) groups excluding carboxylic acids is 2. The summed E-state index contributed by atoms with van der Waals surface area (Å²) in [7, 11) is -3.55. The number of methoxy groups -OCH3 is 1. The molecule has 0 fully saturated rings. The number of ether oxygens (including phenoxy) is 1. The predicted molar refractivity (Wildman–Crippen MR) is 104 cm³/mol. The van der Waals surface area contributed by atoms with Gasteiger partial charge in [0.1, 0.15) is 16.4 Å². The SMILES string of the molecule is COc1cccc(NC(=O)CC(C)=O)c1N=Nc1c([N+](=O)[O-])cccc1S(=O)(=O)O. The molecule has 0 aromatic heterocycles. The molecule has 0 bridgehead atoms. The minimum atomic E-state index is -4.85. The summed E-state index contributed by atoms with van der Waals surface area (Å²) in [4.78, 5) is 32.6. The van der Waals surface area contributed by atoms with Gasteiger partial charge in [0.15, 0.2) is 11.4 Å². The van der Waals surface area contributed by atoms with Crippen molar-refractivity contribution in [3.05, 3.63) is 46.5 Å². The van der Waals surface area contributed by atoms with Crippen LogP contribution in [-0.4, -0.2) is 36.7 Å². The highest BCUT2D eigenvalue weighted by Gasteiger charge is 2.25. The number of anilines is 1. The second-order valence-electron chi connectivity index (χ2n) is 5.84. The van der Waals surface area contributed by atoms with Gasteiger partial charge in [-0.3, -0.25) is 24.3 Å². The van der Waals surface area contributed by atoms with Gasteiger partial charge in [0.05, 0.1) is 24.1 Å². The molecule has 1 amide bonds. The molecule has 0 saturated carbocycles. The molecule has 0 heterocycles. The maximum Gasteiger partial charge on any atom is 0.298 e. The van der Waals surface area contributed by atoms with E-state index in [0.717, 1.165) is 18.2 Å². The predicted octanol–water partition coefficient (Wildman–Crippen LogP) is 3.18. The molecule has 0 saturated heterocycles. The maximum atomic E-state index is 11.9. The molecule has 0 radical (unpaired) electrons. The standard InChI is InChI=1S/C17H16N4O8S/c1-10(22)9-15(23)18-11-5-3-7-13(29-2)16(11)19-20-17-12(21(24)25)6-4-8-14(17)30(26,27)28/h3-8H,9H2,1-2H3,(H,18,23)(H,26,27,28). The van der Waals surface area contributed by atoms with Crippen LogP contribution in [0.25, 0.3) is 0 Å². The second-order valence-corrected chi connectivity index (χ2v) is 7.23. The molecule has 0 aliphatic carbocycles. The highest BCUT2D eigenvalue weighted by atomic mass is 32.2. The fourth-order valence-electron chi connectivity index (χ4n) is 2.38. The molecule has 2 aromatic rings. The number of hydrogen-bond donors (Lipinski definition) is 2. The molecule has 0 aliphatic heterocycles. The lowest BCUT2D eigenvalue weighted by atomic mass is 10.2. The van der Waals surface area contributed by atoms with Gasteiger partial charge < -0.3 is 10.1 Å². The molecule has 12 nitrogen and oxygen atoms in total. The average molecular weight is 436 g/mol. The fourth-order valence-corrected chi connectivity index (χ4v) is 3.02. The maximum absolute atomic E-state index is 11.9. The summed E-state index contributed by atoms with van der Waals surface area (Å²) in [6, 6.07) is 7.36. The zero-order chi connectivity index (χ0) is 22.5. The Kier molecular flexibility index (Phi) is 6.92. The van der Waals surface area contributed by atoms with Gasteiger partial charge >= 0.3 is 0 Å². The van der Waals surface area contributed by atoms with Crippen molar-refractivity contribution in [2.24, 2.45) is 10.2 Å². The molecular weight excluding hydrogens is 420 g/mol. The number of ketones is 1. The van der Waals surface area contributed by atoms with Gasteiger partial charge in [-0.15, -0.1) is 10.2 Å².